The summed E-state index contributed by atoms with van der Waals surface area (Å²) in [6, 6.07) is 14.2. The molecule has 2 aromatic carbocycles. The van der Waals surface area contributed by atoms with E-state index >= 15 is 0 Å². The third-order valence-corrected chi connectivity index (χ3v) is 7.27. The number of hydrogen-bond donors (Lipinski definition) is 0. The zero-order valence-corrected chi connectivity index (χ0v) is 19.8. The van der Waals surface area contributed by atoms with Crippen molar-refractivity contribution in [2.75, 3.05) is 50.2 Å². The van der Waals surface area contributed by atoms with Crippen LogP contribution >= 0.6 is 0 Å². The van der Waals surface area contributed by atoms with E-state index in [0.717, 1.165) is 23.3 Å². The normalized spacial score (nSPS) is 17.2. The highest BCUT2D eigenvalue weighted by Crippen LogP contribution is 2.30. The van der Waals surface area contributed by atoms with E-state index in [2.05, 4.69) is 4.90 Å². The van der Waals surface area contributed by atoms with Gasteiger partial charge in [-0.25, -0.2) is 8.42 Å². The molecule has 2 aliphatic rings. The van der Waals surface area contributed by atoms with Crippen molar-refractivity contribution in [2.45, 2.75) is 19.0 Å². The van der Waals surface area contributed by atoms with Crippen LogP contribution in [0.25, 0.3) is 0 Å². The Hall–Kier alpha value is -3.07. The fraction of sp³-hybridized carbons (Fsp3) is 0.417. The van der Waals surface area contributed by atoms with Crippen molar-refractivity contribution in [3.63, 3.8) is 0 Å². The Morgan fingerprint density at radius 2 is 1.70 bits per heavy atom. The highest BCUT2D eigenvalue weighted by molar-refractivity contribution is 7.90. The minimum absolute atomic E-state index is 0.0874. The number of piperazine rings is 1. The SMILES string of the molecule is COc1ccccc1N1CCN(C(=O)C(CCS(C)(=O)=O)N2Cc3ccccc3C2=O)CC1. The average Bonchev–Trinajstić information content (AvgIpc) is 3.15. The molecule has 0 saturated carbocycles. The molecule has 1 saturated heterocycles. The van der Waals surface area contributed by atoms with Crippen molar-refractivity contribution in [3.05, 3.63) is 59.7 Å². The van der Waals surface area contributed by atoms with Gasteiger partial charge in [-0.2, -0.15) is 0 Å². The second-order valence-corrected chi connectivity index (χ2v) is 10.8. The van der Waals surface area contributed by atoms with Crippen molar-refractivity contribution in [1.29, 1.82) is 0 Å². The van der Waals surface area contributed by atoms with E-state index in [0.29, 0.717) is 38.3 Å². The van der Waals surface area contributed by atoms with Crippen LogP contribution < -0.4 is 9.64 Å². The lowest BCUT2D eigenvalue weighted by molar-refractivity contribution is -0.136. The second kappa shape index (κ2) is 9.43. The molecule has 0 radical (unpaired) electrons. The molecule has 2 aromatic rings. The monoisotopic (exact) mass is 471 g/mol. The van der Waals surface area contributed by atoms with Gasteiger partial charge in [-0.1, -0.05) is 30.3 Å². The summed E-state index contributed by atoms with van der Waals surface area (Å²) in [5.74, 6) is 0.221. The van der Waals surface area contributed by atoms with Crippen LogP contribution in [-0.4, -0.2) is 81.4 Å². The second-order valence-electron chi connectivity index (χ2n) is 8.51. The van der Waals surface area contributed by atoms with Crippen molar-refractivity contribution < 1.29 is 22.7 Å². The summed E-state index contributed by atoms with van der Waals surface area (Å²) < 4.78 is 29.2. The van der Waals surface area contributed by atoms with E-state index in [1.165, 1.54) is 4.90 Å². The van der Waals surface area contributed by atoms with Crippen LogP contribution in [0.5, 0.6) is 5.75 Å². The molecule has 33 heavy (non-hydrogen) atoms. The summed E-state index contributed by atoms with van der Waals surface area (Å²) in [5, 5.41) is 0. The standard InChI is InChI=1S/C24H29N3O5S/c1-32-22-10-6-5-9-20(22)25-12-14-26(15-13-25)24(29)21(11-16-33(2,30)31)27-17-18-7-3-4-8-19(18)23(27)28/h3-10,21H,11-17H2,1-2H3. The summed E-state index contributed by atoms with van der Waals surface area (Å²) in [7, 11) is -1.65. The zero-order valence-electron chi connectivity index (χ0n) is 18.9. The molecule has 2 aliphatic heterocycles. The largest absolute Gasteiger partial charge is 0.495 e. The van der Waals surface area contributed by atoms with Crippen molar-refractivity contribution in [1.82, 2.24) is 9.80 Å². The van der Waals surface area contributed by atoms with Crippen LogP contribution in [0.2, 0.25) is 0 Å². The van der Waals surface area contributed by atoms with Gasteiger partial charge in [0.25, 0.3) is 5.91 Å². The molecule has 4 rings (SSSR count). The van der Waals surface area contributed by atoms with E-state index in [9.17, 15) is 18.0 Å². The number of hydrogen-bond acceptors (Lipinski definition) is 6. The number of amides is 2. The van der Waals surface area contributed by atoms with Gasteiger partial charge in [0, 0.05) is 44.5 Å². The fourth-order valence-electron chi connectivity index (χ4n) is 4.54. The van der Waals surface area contributed by atoms with Gasteiger partial charge in [0.05, 0.1) is 18.6 Å². The van der Waals surface area contributed by atoms with Crippen LogP contribution in [0.3, 0.4) is 0 Å². The van der Waals surface area contributed by atoms with E-state index in [4.69, 9.17) is 4.74 Å². The van der Waals surface area contributed by atoms with Crippen LogP contribution in [0.1, 0.15) is 22.3 Å². The number of para-hydroxylation sites is 2. The number of methoxy groups -OCH3 is 1. The molecule has 1 atom stereocenters. The number of carbonyl (C=O) groups excluding carboxylic acids is 2. The predicted octanol–water partition coefficient (Wildman–Crippen LogP) is 1.80. The number of ether oxygens (including phenoxy) is 1. The molecule has 0 N–H and O–H groups in total. The third-order valence-electron chi connectivity index (χ3n) is 6.29. The predicted molar refractivity (Wildman–Crippen MR) is 126 cm³/mol. The number of benzene rings is 2. The highest BCUT2D eigenvalue weighted by atomic mass is 32.2. The van der Waals surface area contributed by atoms with Gasteiger partial charge in [-0.05, 0) is 30.2 Å². The minimum atomic E-state index is -3.28. The first-order valence-electron chi connectivity index (χ1n) is 11.0. The number of anilines is 1. The highest BCUT2D eigenvalue weighted by Gasteiger charge is 2.39. The Bertz CT molecular complexity index is 1140. The van der Waals surface area contributed by atoms with Crippen molar-refractivity contribution >= 4 is 27.3 Å². The average molecular weight is 472 g/mol. The molecule has 0 spiro atoms. The van der Waals surface area contributed by atoms with Gasteiger partial charge in [-0.3, -0.25) is 9.59 Å². The van der Waals surface area contributed by atoms with E-state index in [-0.39, 0.29) is 24.0 Å². The molecular weight excluding hydrogens is 442 g/mol. The smallest absolute Gasteiger partial charge is 0.255 e. The summed E-state index contributed by atoms with van der Waals surface area (Å²) in [4.78, 5) is 32.0. The first-order valence-corrected chi connectivity index (χ1v) is 13.1. The Balaban J connectivity index is 1.50. The maximum Gasteiger partial charge on any atom is 0.255 e. The topological polar surface area (TPSA) is 87.2 Å². The van der Waals surface area contributed by atoms with Crippen LogP contribution in [-0.2, 0) is 21.2 Å². The molecule has 8 nitrogen and oxygen atoms in total. The van der Waals surface area contributed by atoms with E-state index < -0.39 is 15.9 Å². The van der Waals surface area contributed by atoms with E-state index in [1.807, 2.05) is 36.4 Å². The van der Waals surface area contributed by atoms with Crippen molar-refractivity contribution in [2.24, 2.45) is 0 Å². The number of nitrogens with zero attached hydrogens (tertiary/aromatic N) is 3. The van der Waals surface area contributed by atoms with E-state index in [1.54, 1.807) is 24.1 Å². The maximum atomic E-state index is 13.6. The van der Waals surface area contributed by atoms with Crippen LogP contribution in [0.4, 0.5) is 5.69 Å². The van der Waals surface area contributed by atoms with Crippen LogP contribution in [0, 0.1) is 0 Å². The lowest BCUT2D eigenvalue weighted by atomic mass is 10.1. The number of sulfone groups is 1. The maximum absolute atomic E-state index is 13.6. The van der Waals surface area contributed by atoms with Gasteiger partial charge < -0.3 is 19.4 Å². The first-order chi connectivity index (χ1) is 15.8. The summed E-state index contributed by atoms with van der Waals surface area (Å²) in [6.45, 7) is 2.54. The Morgan fingerprint density at radius 1 is 1.03 bits per heavy atom. The lowest BCUT2D eigenvalue weighted by Crippen LogP contribution is -2.55. The molecule has 176 valence electrons. The Morgan fingerprint density at radius 3 is 2.36 bits per heavy atom. The minimum Gasteiger partial charge on any atom is -0.495 e. The third kappa shape index (κ3) is 4.98. The molecular formula is C24H29N3O5S. The number of carbonyl (C=O) groups is 2. The molecule has 2 amide bonds. The summed E-state index contributed by atoms with van der Waals surface area (Å²) in [6.07, 6.45) is 1.24. The van der Waals surface area contributed by atoms with Crippen LogP contribution in [0.15, 0.2) is 48.5 Å². The first kappa shape index (κ1) is 23.1. The fourth-order valence-corrected chi connectivity index (χ4v) is 5.19. The molecule has 9 heteroatoms. The summed E-state index contributed by atoms with van der Waals surface area (Å²) >= 11 is 0. The number of fused-ring (bicyclic) bond motifs is 1. The Labute approximate surface area is 194 Å². The van der Waals surface area contributed by atoms with Crippen molar-refractivity contribution in [3.8, 4) is 5.75 Å². The molecule has 2 heterocycles. The molecule has 0 bridgehead atoms. The van der Waals surface area contributed by atoms with Gasteiger partial charge in [-0.15, -0.1) is 0 Å². The lowest BCUT2D eigenvalue weighted by Gasteiger charge is -2.39. The molecule has 0 aromatic heterocycles. The Kier molecular flexibility index (Phi) is 6.60. The molecule has 1 fully saturated rings. The van der Waals surface area contributed by atoms with Gasteiger partial charge >= 0.3 is 0 Å². The zero-order chi connectivity index (χ0) is 23.6. The van der Waals surface area contributed by atoms with Gasteiger partial charge in [0.15, 0.2) is 0 Å². The number of rotatable bonds is 7. The molecule has 1 unspecified atom stereocenters. The quantitative estimate of drug-likeness (QED) is 0.612. The van der Waals surface area contributed by atoms with Gasteiger partial charge in [0.1, 0.15) is 21.6 Å². The van der Waals surface area contributed by atoms with Gasteiger partial charge in [0.2, 0.25) is 5.91 Å². The summed E-state index contributed by atoms with van der Waals surface area (Å²) in [5.41, 5.74) is 2.42. The molecule has 0 aliphatic carbocycles.